The molecule has 0 spiro atoms. The number of hydrogen-bond acceptors (Lipinski definition) is 4. The van der Waals surface area contributed by atoms with E-state index < -0.39 is 6.04 Å². The van der Waals surface area contributed by atoms with Crippen LogP contribution in [0, 0.1) is 6.92 Å². The fourth-order valence-corrected chi connectivity index (χ4v) is 4.87. The molecular formula is C27H26N2O3. The van der Waals surface area contributed by atoms with E-state index in [1.165, 1.54) is 0 Å². The van der Waals surface area contributed by atoms with E-state index in [1.54, 1.807) is 4.90 Å². The lowest BCUT2D eigenvalue weighted by Crippen LogP contribution is -2.38. The molecule has 2 aliphatic rings. The quantitative estimate of drug-likeness (QED) is 0.566. The fraction of sp³-hybridized carbons (Fsp3) is 0.259. The highest BCUT2D eigenvalue weighted by Gasteiger charge is 2.42. The Morgan fingerprint density at radius 3 is 2.50 bits per heavy atom. The number of benzene rings is 2. The van der Waals surface area contributed by atoms with E-state index in [4.69, 9.17) is 4.42 Å². The minimum absolute atomic E-state index is 0.0494. The molecule has 0 fully saturated rings. The monoisotopic (exact) mass is 426 g/mol. The lowest BCUT2D eigenvalue weighted by atomic mass is 9.79. The zero-order chi connectivity index (χ0) is 22.2. The highest BCUT2D eigenvalue weighted by atomic mass is 16.3. The smallest absolute Gasteiger partial charge is 0.227 e. The predicted molar refractivity (Wildman–Crippen MR) is 124 cm³/mol. The number of furan rings is 1. The molecule has 0 bridgehead atoms. The standard InChI is InChI=1S/C27H26N2O3/c1-3-25(31)29-22-12-8-7-11-20(22)28-21-15-19(18-9-5-4-6-10-18)16-23(30)26(21)27(29)24-14-13-17(2)32-24/h4-14,19,27-28H,3,15-16H2,1-2H3. The van der Waals surface area contributed by atoms with Gasteiger partial charge in [0.15, 0.2) is 5.78 Å². The summed E-state index contributed by atoms with van der Waals surface area (Å²) in [4.78, 5) is 28.7. The van der Waals surface area contributed by atoms with Crippen LogP contribution in [0.5, 0.6) is 0 Å². The highest BCUT2D eigenvalue weighted by Crippen LogP contribution is 2.47. The Hall–Kier alpha value is -3.60. The van der Waals surface area contributed by atoms with Gasteiger partial charge in [0.25, 0.3) is 0 Å². The third kappa shape index (κ3) is 3.44. The lowest BCUT2D eigenvalue weighted by Gasteiger charge is -2.33. The van der Waals surface area contributed by atoms with Crippen LogP contribution in [0.1, 0.15) is 55.2 Å². The number of nitrogens with zero attached hydrogens (tertiary/aromatic N) is 1. The molecule has 5 nitrogen and oxygen atoms in total. The van der Waals surface area contributed by atoms with Gasteiger partial charge in [-0.25, -0.2) is 0 Å². The molecule has 1 aliphatic heterocycles. The molecule has 3 aromatic rings. The minimum Gasteiger partial charge on any atom is -0.464 e. The second kappa shape index (κ2) is 8.15. The van der Waals surface area contributed by atoms with Gasteiger partial charge in [-0.3, -0.25) is 14.5 Å². The number of carbonyl (C=O) groups excluding carboxylic acids is 2. The molecule has 162 valence electrons. The molecule has 5 heteroatoms. The second-order valence-electron chi connectivity index (χ2n) is 8.44. The Bertz CT molecular complexity index is 1210. The summed E-state index contributed by atoms with van der Waals surface area (Å²) in [5, 5.41) is 3.53. The zero-order valence-corrected chi connectivity index (χ0v) is 18.3. The second-order valence-corrected chi connectivity index (χ2v) is 8.44. The maximum absolute atomic E-state index is 13.7. The molecule has 2 atom stereocenters. The molecule has 1 aliphatic carbocycles. The Balaban J connectivity index is 1.71. The fourth-order valence-electron chi connectivity index (χ4n) is 4.87. The Kier molecular flexibility index (Phi) is 5.17. The number of hydrogen-bond donors (Lipinski definition) is 1. The van der Waals surface area contributed by atoms with Crippen LogP contribution in [0.25, 0.3) is 0 Å². The average Bonchev–Trinajstić information content (AvgIpc) is 3.17. The number of anilines is 2. The van der Waals surface area contributed by atoms with Crippen LogP contribution in [0.15, 0.2) is 82.4 Å². The van der Waals surface area contributed by atoms with Crippen LogP contribution in [0.4, 0.5) is 11.4 Å². The molecule has 32 heavy (non-hydrogen) atoms. The van der Waals surface area contributed by atoms with Crippen molar-refractivity contribution in [1.82, 2.24) is 0 Å². The van der Waals surface area contributed by atoms with Crippen LogP contribution < -0.4 is 10.2 Å². The first-order valence-corrected chi connectivity index (χ1v) is 11.1. The molecule has 0 saturated carbocycles. The van der Waals surface area contributed by atoms with Gasteiger partial charge in [-0.2, -0.15) is 0 Å². The summed E-state index contributed by atoms with van der Waals surface area (Å²) in [5.41, 5.74) is 4.24. The van der Waals surface area contributed by atoms with Crippen molar-refractivity contribution in [1.29, 1.82) is 0 Å². The summed E-state index contributed by atoms with van der Waals surface area (Å²) in [6, 6.07) is 21.1. The maximum Gasteiger partial charge on any atom is 0.227 e. The van der Waals surface area contributed by atoms with Crippen LogP contribution in [0.2, 0.25) is 0 Å². The van der Waals surface area contributed by atoms with Gasteiger partial charge in [0.05, 0.1) is 11.4 Å². The topological polar surface area (TPSA) is 62.6 Å². The minimum atomic E-state index is -0.591. The van der Waals surface area contributed by atoms with Crippen molar-refractivity contribution >= 4 is 23.1 Å². The molecule has 2 heterocycles. The SMILES string of the molecule is CCC(=O)N1c2ccccc2NC2=C(C(=O)CC(c3ccccc3)C2)C1c1ccc(C)o1. The van der Waals surface area contributed by atoms with Crippen molar-refractivity contribution in [2.75, 3.05) is 10.2 Å². The van der Waals surface area contributed by atoms with Gasteiger partial charge in [0.2, 0.25) is 5.91 Å². The number of fused-ring (bicyclic) bond motifs is 1. The molecule has 1 aromatic heterocycles. The van der Waals surface area contributed by atoms with Gasteiger partial charge < -0.3 is 9.73 Å². The summed E-state index contributed by atoms with van der Waals surface area (Å²) in [7, 11) is 0. The third-order valence-electron chi connectivity index (χ3n) is 6.36. The van der Waals surface area contributed by atoms with E-state index in [9.17, 15) is 9.59 Å². The molecule has 5 rings (SSSR count). The third-order valence-corrected chi connectivity index (χ3v) is 6.36. The first-order chi connectivity index (χ1) is 15.6. The van der Waals surface area contributed by atoms with Crippen LogP contribution in [-0.4, -0.2) is 11.7 Å². The summed E-state index contributed by atoms with van der Waals surface area (Å²) in [6.45, 7) is 3.72. The van der Waals surface area contributed by atoms with Crippen LogP contribution in [-0.2, 0) is 9.59 Å². The number of carbonyl (C=O) groups is 2. The number of Topliss-reactive ketones (excluding diaryl/α,β-unsaturated/α-hetero) is 1. The largest absolute Gasteiger partial charge is 0.464 e. The number of rotatable bonds is 3. The van der Waals surface area contributed by atoms with Gasteiger partial charge in [0, 0.05) is 24.1 Å². The number of ketones is 1. The number of para-hydroxylation sites is 2. The Morgan fingerprint density at radius 1 is 1.03 bits per heavy atom. The molecular weight excluding hydrogens is 400 g/mol. The zero-order valence-electron chi connectivity index (χ0n) is 18.3. The molecule has 2 unspecified atom stereocenters. The van der Waals surface area contributed by atoms with Crippen molar-refractivity contribution in [2.24, 2.45) is 0 Å². The number of amides is 1. The lowest BCUT2D eigenvalue weighted by molar-refractivity contribution is -0.119. The predicted octanol–water partition coefficient (Wildman–Crippen LogP) is 5.90. The van der Waals surface area contributed by atoms with E-state index in [0.717, 1.165) is 28.4 Å². The van der Waals surface area contributed by atoms with Crippen molar-refractivity contribution in [3.63, 3.8) is 0 Å². The molecule has 0 saturated heterocycles. The van der Waals surface area contributed by atoms with Gasteiger partial charge in [0.1, 0.15) is 17.6 Å². The van der Waals surface area contributed by atoms with E-state index in [1.807, 2.05) is 68.4 Å². The highest BCUT2D eigenvalue weighted by molar-refractivity contribution is 6.06. The molecule has 0 radical (unpaired) electrons. The van der Waals surface area contributed by atoms with Crippen LogP contribution >= 0.6 is 0 Å². The van der Waals surface area contributed by atoms with E-state index >= 15 is 0 Å². The van der Waals surface area contributed by atoms with Gasteiger partial charge >= 0.3 is 0 Å². The van der Waals surface area contributed by atoms with Gasteiger partial charge in [-0.1, -0.05) is 49.4 Å². The Morgan fingerprint density at radius 2 is 1.78 bits per heavy atom. The molecule has 1 amide bonds. The molecule has 1 N–H and O–H groups in total. The normalized spacial score (nSPS) is 20.3. The van der Waals surface area contributed by atoms with Crippen molar-refractivity contribution < 1.29 is 14.0 Å². The number of nitrogens with one attached hydrogen (secondary N) is 1. The van der Waals surface area contributed by atoms with E-state index in [2.05, 4.69) is 17.4 Å². The average molecular weight is 427 g/mol. The van der Waals surface area contributed by atoms with E-state index in [-0.39, 0.29) is 17.6 Å². The van der Waals surface area contributed by atoms with Crippen molar-refractivity contribution in [3.8, 4) is 0 Å². The molecule has 2 aromatic carbocycles. The summed E-state index contributed by atoms with van der Waals surface area (Å²) in [6.07, 6.45) is 1.43. The number of allylic oxidation sites excluding steroid dienone is 1. The first-order valence-electron chi connectivity index (χ1n) is 11.1. The first kappa shape index (κ1) is 20.3. The van der Waals surface area contributed by atoms with E-state index in [0.29, 0.717) is 30.6 Å². The van der Waals surface area contributed by atoms with Gasteiger partial charge in [-0.05, 0) is 49.1 Å². The van der Waals surface area contributed by atoms with Crippen molar-refractivity contribution in [2.45, 2.75) is 45.1 Å². The maximum atomic E-state index is 13.7. The van der Waals surface area contributed by atoms with Crippen molar-refractivity contribution in [3.05, 3.63) is 95.1 Å². The number of aryl methyl sites for hydroxylation is 1. The van der Waals surface area contributed by atoms with Crippen LogP contribution in [0.3, 0.4) is 0 Å². The summed E-state index contributed by atoms with van der Waals surface area (Å²) >= 11 is 0. The van der Waals surface area contributed by atoms with Gasteiger partial charge in [-0.15, -0.1) is 0 Å². The summed E-state index contributed by atoms with van der Waals surface area (Å²) in [5.74, 6) is 1.46. The Labute approximate surface area is 187 Å². The summed E-state index contributed by atoms with van der Waals surface area (Å²) < 4.78 is 6.02.